The van der Waals surface area contributed by atoms with Crippen molar-refractivity contribution < 1.29 is 0 Å². The van der Waals surface area contributed by atoms with E-state index >= 15 is 0 Å². The van der Waals surface area contributed by atoms with Crippen LogP contribution in [0.15, 0.2) is 0 Å². The van der Waals surface area contributed by atoms with Gasteiger partial charge in [0.15, 0.2) is 5.82 Å². The predicted molar refractivity (Wildman–Crippen MR) is 70.1 cm³/mol. The van der Waals surface area contributed by atoms with E-state index in [0.717, 1.165) is 36.8 Å². The van der Waals surface area contributed by atoms with Crippen LogP contribution in [0.4, 0.5) is 11.6 Å². The van der Waals surface area contributed by atoms with E-state index in [1.165, 1.54) is 4.52 Å². The summed E-state index contributed by atoms with van der Waals surface area (Å²) in [4.78, 5) is 0. The molecule has 0 bridgehead atoms. The Bertz CT molecular complexity index is 771. The molecule has 2 aromatic heterocycles. The van der Waals surface area contributed by atoms with E-state index in [2.05, 4.69) is 17.2 Å². The molecule has 1 aliphatic carbocycles. The fourth-order valence-corrected chi connectivity index (χ4v) is 2.83. The lowest BCUT2D eigenvalue weighted by Crippen LogP contribution is -2.13. The van der Waals surface area contributed by atoms with Gasteiger partial charge in [-0.15, -0.1) is 5.10 Å². The van der Waals surface area contributed by atoms with Gasteiger partial charge in [0.25, 0.3) is 0 Å². The zero-order valence-corrected chi connectivity index (χ0v) is 10.3. The highest BCUT2D eigenvalue weighted by atomic mass is 15.3. The number of nitriles is 2. The van der Waals surface area contributed by atoms with Gasteiger partial charge in [-0.1, -0.05) is 0 Å². The smallest absolute Gasteiger partial charge is 0.164 e. The molecule has 0 unspecified atom stereocenters. The maximum atomic E-state index is 9.30. The minimum Gasteiger partial charge on any atom is -0.383 e. The zero-order valence-electron chi connectivity index (χ0n) is 10.3. The molecule has 94 valence electrons. The van der Waals surface area contributed by atoms with Crippen LogP contribution in [0.2, 0.25) is 0 Å². The second-order valence-corrected chi connectivity index (χ2v) is 4.67. The monoisotopic (exact) mass is 252 g/mol. The van der Waals surface area contributed by atoms with Crippen LogP contribution in [-0.4, -0.2) is 9.61 Å². The third kappa shape index (κ3) is 1.37. The Hall–Kier alpha value is -2.73. The molecule has 6 heteroatoms. The molecule has 6 nitrogen and oxygen atoms in total. The van der Waals surface area contributed by atoms with Crippen LogP contribution in [0.1, 0.15) is 35.1 Å². The van der Waals surface area contributed by atoms with Crippen LogP contribution in [0.3, 0.4) is 0 Å². The summed E-state index contributed by atoms with van der Waals surface area (Å²) in [6.07, 6.45) is 3.71. The molecule has 2 aromatic rings. The Labute approximate surface area is 109 Å². The van der Waals surface area contributed by atoms with Gasteiger partial charge in [-0.3, -0.25) is 0 Å². The molecular formula is C13H12N6. The number of rotatable bonds is 0. The zero-order chi connectivity index (χ0) is 13.6. The van der Waals surface area contributed by atoms with E-state index < -0.39 is 0 Å². The highest BCUT2D eigenvalue weighted by Gasteiger charge is 2.25. The Morgan fingerprint density at radius 3 is 2.26 bits per heavy atom. The second kappa shape index (κ2) is 3.89. The van der Waals surface area contributed by atoms with Gasteiger partial charge < -0.3 is 11.5 Å². The first-order valence-electron chi connectivity index (χ1n) is 6.10. The summed E-state index contributed by atoms with van der Waals surface area (Å²) in [6.45, 7) is 0. The van der Waals surface area contributed by atoms with E-state index in [9.17, 15) is 10.5 Å². The number of hydrogen-bond acceptors (Lipinski definition) is 5. The third-order valence-corrected chi connectivity index (χ3v) is 3.68. The first-order chi connectivity index (χ1) is 9.19. The number of fused-ring (bicyclic) bond motifs is 3. The summed E-state index contributed by atoms with van der Waals surface area (Å²) < 4.78 is 1.44. The average Bonchev–Trinajstić information content (AvgIpc) is 2.76. The fourth-order valence-electron chi connectivity index (χ4n) is 2.83. The predicted octanol–water partition coefficient (Wildman–Crippen LogP) is 1.12. The highest BCUT2D eigenvalue weighted by Crippen LogP contribution is 2.34. The number of anilines is 2. The van der Waals surface area contributed by atoms with Crippen LogP contribution in [-0.2, 0) is 12.8 Å². The molecule has 1 aliphatic rings. The first kappa shape index (κ1) is 11.4. The minimum absolute atomic E-state index is 0.164. The first-order valence-corrected chi connectivity index (χ1v) is 6.10. The van der Waals surface area contributed by atoms with Gasteiger partial charge in [0, 0.05) is 0 Å². The molecule has 0 atom stereocenters. The maximum absolute atomic E-state index is 9.30. The third-order valence-electron chi connectivity index (χ3n) is 3.68. The molecular weight excluding hydrogens is 240 g/mol. The Morgan fingerprint density at radius 2 is 1.63 bits per heavy atom. The van der Waals surface area contributed by atoms with Crippen molar-refractivity contribution >= 4 is 17.2 Å². The molecule has 0 radical (unpaired) electrons. The molecule has 2 heterocycles. The number of aryl methyl sites for hydroxylation is 1. The van der Waals surface area contributed by atoms with E-state index in [0.29, 0.717) is 16.6 Å². The van der Waals surface area contributed by atoms with Crippen LogP contribution >= 0.6 is 0 Å². The van der Waals surface area contributed by atoms with E-state index in [-0.39, 0.29) is 11.6 Å². The van der Waals surface area contributed by atoms with Gasteiger partial charge >= 0.3 is 0 Å². The van der Waals surface area contributed by atoms with Gasteiger partial charge in [-0.2, -0.15) is 10.5 Å². The molecule has 19 heavy (non-hydrogen) atoms. The van der Waals surface area contributed by atoms with Crippen LogP contribution in [0.25, 0.3) is 5.52 Å². The summed E-state index contributed by atoms with van der Waals surface area (Å²) in [5, 5.41) is 22.6. The molecule has 0 spiro atoms. The van der Waals surface area contributed by atoms with E-state index in [1.54, 1.807) is 0 Å². The number of aromatic nitrogens is 2. The quantitative estimate of drug-likeness (QED) is 0.728. The maximum Gasteiger partial charge on any atom is 0.164 e. The number of nitrogen functional groups attached to an aromatic ring is 2. The topological polar surface area (TPSA) is 117 Å². The Balaban J connectivity index is 2.55. The van der Waals surface area contributed by atoms with Crippen LogP contribution < -0.4 is 11.5 Å². The lowest BCUT2D eigenvalue weighted by atomic mass is 9.88. The lowest BCUT2D eigenvalue weighted by molar-refractivity contribution is 0.683. The van der Waals surface area contributed by atoms with Crippen molar-refractivity contribution in [2.75, 3.05) is 11.5 Å². The Kier molecular flexibility index (Phi) is 2.33. The van der Waals surface area contributed by atoms with Crippen molar-refractivity contribution in [3.8, 4) is 12.1 Å². The number of nitrogens with zero attached hydrogens (tertiary/aromatic N) is 4. The van der Waals surface area contributed by atoms with E-state index in [4.69, 9.17) is 11.5 Å². The van der Waals surface area contributed by atoms with Crippen molar-refractivity contribution in [2.45, 2.75) is 25.7 Å². The lowest BCUT2D eigenvalue weighted by Gasteiger charge is -2.19. The SMILES string of the molecule is N#Cc1c2c(c3c(C#N)c(N)nn3c1N)CCCC2. The molecule has 0 aliphatic heterocycles. The molecule has 0 aromatic carbocycles. The van der Waals surface area contributed by atoms with Crippen LogP contribution in [0, 0.1) is 22.7 Å². The summed E-state index contributed by atoms with van der Waals surface area (Å²) in [6, 6.07) is 4.24. The second-order valence-electron chi connectivity index (χ2n) is 4.67. The van der Waals surface area contributed by atoms with Gasteiger partial charge in [-0.25, -0.2) is 4.52 Å². The number of nitrogens with two attached hydrogens (primary N) is 2. The van der Waals surface area contributed by atoms with Crippen molar-refractivity contribution in [3.63, 3.8) is 0 Å². The van der Waals surface area contributed by atoms with Crippen LogP contribution in [0.5, 0.6) is 0 Å². The summed E-state index contributed by atoms with van der Waals surface area (Å²) in [5.74, 6) is 0.434. The summed E-state index contributed by atoms with van der Waals surface area (Å²) in [5.41, 5.74) is 15.2. The molecule has 0 saturated carbocycles. The summed E-state index contributed by atoms with van der Waals surface area (Å²) >= 11 is 0. The summed E-state index contributed by atoms with van der Waals surface area (Å²) in [7, 11) is 0. The van der Waals surface area contributed by atoms with Crippen molar-refractivity contribution in [1.29, 1.82) is 10.5 Å². The van der Waals surface area contributed by atoms with E-state index in [1.807, 2.05) is 0 Å². The fraction of sp³-hybridized carbons (Fsp3) is 0.308. The normalized spacial score (nSPS) is 13.8. The van der Waals surface area contributed by atoms with Crippen molar-refractivity contribution in [3.05, 3.63) is 22.3 Å². The highest BCUT2D eigenvalue weighted by molar-refractivity contribution is 5.79. The molecule has 3 rings (SSSR count). The van der Waals surface area contributed by atoms with Gasteiger partial charge in [-0.05, 0) is 36.8 Å². The Morgan fingerprint density at radius 1 is 1.00 bits per heavy atom. The largest absolute Gasteiger partial charge is 0.383 e. The van der Waals surface area contributed by atoms with Crippen molar-refractivity contribution in [2.24, 2.45) is 0 Å². The molecule has 0 amide bonds. The minimum atomic E-state index is 0.164. The standard InChI is InChI=1S/C13H12N6/c14-5-9-7-3-1-2-4-8(7)11-10(6-15)12(16)18-19(11)13(9)17/h1-4,17H2,(H2,16,18). The number of pyridine rings is 1. The molecule has 0 fully saturated rings. The average molecular weight is 252 g/mol. The molecule has 4 N–H and O–H groups in total. The van der Waals surface area contributed by atoms with Gasteiger partial charge in [0.1, 0.15) is 23.5 Å². The number of hydrogen-bond donors (Lipinski definition) is 2. The van der Waals surface area contributed by atoms with Crippen molar-refractivity contribution in [1.82, 2.24) is 9.61 Å². The van der Waals surface area contributed by atoms with Gasteiger partial charge in [0.2, 0.25) is 0 Å². The molecule has 0 saturated heterocycles. The van der Waals surface area contributed by atoms with Gasteiger partial charge in [0.05, 0.1) is 11.1 Å².